The molecule has 0 aliphatic heterocycles. The van der Waals surface area contributed by atoms with Crippen molar-refractivity contribution in [3.63, 3.8) is 0 Å². The van der Waals surface area contributed by atoms with E-state index in [1.165, 1.54) is 24.3 Å². The number of benzene rings is 1. The quantitative estimate of drug-likeness (QED) is 0.811. The van der Waals surface area contributed by atoms with E-state index in [4.69, 9.17) is 39.5 Å². The minimum Gasteiger partial charge on any atom is -0.437 e. The lowest BCUT2D eigenvalue weighted by atomic mass is 10.3. The summed E-state index contributed by atoms with van der Waals surface area (Å²) in [5.74, 6) is 0.426. The third-order valence-electron chi connectivity index (χ3n) is 2.35. The van der Waals surface area contributed by atoms with E-state index in [1.54, 1.807) is 0 Å². The van der Waals surface area contributed by atoms with Gasteiger partial charge in [-0.1, -0.05) is 34.8 Å². The third-order valence-corrected chi connectivity index (χ3v) is 3.20. The second kappa shape index (κ2) is 6.48. The van der Waals surface area contributed by atoms with E-state index in [0.29, 0.717) is 23.1 Å². The summed E-state index contributed by atoms with van der Waals surface area (Å²) in [6.45, 7) is 2.56. The first kappa shape index (κ1) is 15.2. The summed E-state index contributed by atoms with van der Waals surface area (Å²) in [7, 11) is 0. The summed E-state index contributed by atoms with van der Waals surface area (Å²) < 4.78 is 18.6. The first-order valence-corrected chi connectivity index (χ1v) is 6.87. The number of hydrogen-bond acceptors (Lipinski definition) is 3. The van der Waals surface area contributed by atoms with Crippen LogP contribution in [0.1, 0.15) is 6.92 Å². The molecule has 0 aliphatic carbocycles. The van der Waals surface area contributed by atoms with Gasteiger partial charge in [-0.25, -0.2) is 4.39 Å². The molecule has 0 spiro atoms. The number of nitrogens with zero attached hydrogens (tertiary/aromatic N) is 1. The van der Waals surface area contributed by atoms with Crippen LogP contribution in [0.25, 0.3) is 0 Å². The zero-order valence-corrected chi connectivity index (χ0v) is 12.7. The lowest BCUT2D eigenvalue weighted by Crippen LogP contribution is -2.01. The number of halogens is 4. The molecule has 0 radical (unpaired) electrons. The van der Waals surface area contributed by atoms with Crippen molar-refractivity contribution in [2.75, 3.05) is 11.9 Å². The van der Waals surface area contributed by atoms with Gasteiger partial charge >= 0.3 is 0 Å². The predicted molar refractivity (Wildman–Crippen MR) is 79.9 cm³/mol. The van der Waals surface area contributed by atoms with Crippen LogP contribution in [0, 0.1) is 5.82 Å². The van der Waals surface area contributed by atoms with Gasteiger partial charge in [0, 0.05) is 12.6 Å². The predicted octanol–water partition coefficient (Wildman–Crippen LogP) is 5.41. The lowest BCUT2D eigenvalue weighted by molar-refractivity contribution is 0.462. The largest absolute Gasteiger partial charge is 0.437 e. The van der Waals surface area contributed by atoms with Crippen LogP contribution in [-0.4, -0.2) is 11.5 Å². The average molecular weight is 336 g/mol. The SMILES string of the molecule is CCNc1nc(Oc2ccc(F)c(Cl)c2)c(Cl)cc1Cl. The summed E-state index contributed by atoms with van der Waals surface area (Å²) in [5.41, 5.74) is 0. The second-order valence-electron chi connectivity index (χ2n) is 3.81. The Balaban J connectivity index is 2.32. The molecule has 3 nitrogen and oxygen atoms in total. The van der Waals surface area contributed by atoms with Gasteiger partial charge in [-0.15, -0.1) is 0 Å². The maximum absolute atomic E-state index is 13.1. The highest BCUT2D eigenvalue weighted by molar-refractivity contribution is 6.36. The van der Waals surface area contributed by atoms with Crippen molar-refractivity contribution < 1.29 is 9.13 Å². The van der Waals surface area contributed by atoms with Crippen molar-refractivity contribution in [1.82, 2.24) is 4.98 Å². The summed E-state index contributed by atoms with van der Waals surface area (Å²) in [5, 5.41) is 3.58. The second-order valence-corrected chi connectivity index (χ2v) is 5.04. The Bertz CT molecular complexity index is 637. The molecule has 106 valence electrons. The van der Waals surface area contributed by atoms with E-state index in [-0.39, 0.29) is 15.9 Å². The van der Waals surface area contributed by atoms with Gasteiger partial charge in [0.05, 0.1) is 10.0 Å². The Morgan fingerprint density at radius 2 is 1.90 bits per heavy atom. The highest BCUT2D eigenvalue weighted by Crippen LogP contribution is 2.34. The molecule has 0 bridgehead atoms. The zero-order valence-electron chi connectivity index (χ0n) is 10.4. The van der Waals surface area contributed by atoms with Crippen LogP contribution in [0.3, 0.4) is 0 Å². The van der Waals surface area contributed by atoms with Crippen molar-refractivity contribution >= 4 is 40.6 Å². The van der Waals surface area contributed by atoms with Crippen molar-refractivity contribution in [1.29, 1.82) is 0 Å². The summed E-state index contributed by atoms with van der Waals surface area (Å²) in [6, 6.07) is 5.50. The first-order valence-electron chi connectivity index (χ1n) is 5.74. The van der Waals surface area contributed by atoms with Crippen LogP contribution in [0.4, 0.5) is 10.2 Å². The molecule has 20 heavy (non-hydrogen) atoms. The standard InChI is InChI=1S/C13H10Cl3FN2O/c1-2-18-12-9(15)6-10(16)13(19-12)20-7-3-4-11(17)8(14)5-7/h3-6H,2H2,1H3,(H,18,19). The molecule has 1 aromatic heterocycles. The number of nitrogens with one attached hydrogen (secondary N) is 1. The van der Waals surface area contributed by atoms with E-state index >= 15 is 0 Å². The fourth-order valence-corrected chi connectivity index (χ4v) is 2.10. The Hall–Kier alpha value is -1.23. The molecule has 0 amide bonds. The van der Waals surface area contributed by atoms with Gasteiger partial charge in [0.1, 0.15) is 22.4 Å². The van der Waals surface area contributed by atoms with Crippen molar-refractivity contribution in [2.24, 2.45) is 0 Å². The molecule has 2 rings (SSSR count). The summed E-state index contributed by atoms with van der Waals surface area (Å²) in [6.07, 6.45) is 0. The van der Waals surface area contributed by atoms with Gasteiger partial charge in [-0.05, 0) is 25.1 Å². The highest BCUT2D eigenvalue weighted by Gasteiger charge is 2.12. The molecular formula is C13H10Cl3FN2O. The zero-order chi connectivity index (χ0) is 14.7. The van der Waals surface area contributed by atoms with E-state index in [0.717, 1.165) is 0 Å². The van der Waals surface area contributed by atoms with Crippen LogP contribution in [0.2, 0.25) is 15.1 Å². The van der Waals surface area contributed by atoms with E-state index in [1.807, 2.05) is 6.92 Å². The van der Waals surface area contributed by atoms with Crippen molar-refractivity contribution in [3.05, 3.63) is 45.2 Å². The summed E-state index contributed by atoms with van der Waals surface area (Å²) in [4.78, 5) is 4.17. The number of aromatic nitrogens is 1. The number of ether oxygens (including phenoxy) is 1. The van der Waals surface area contributed by atoms with Crippen molar-refractivity contribution in [3.8, 4) is 11.6 Å². The Labute approximate surface area is 130 Å². The van der Waals surface area contributed by atoms with Gasteiger partial charge in [-0.2, -0.15) is 4.98 Å². The smallest absolute Gasteiger partial charge is 0.240 e. The Kier molecular flexibility index (Phi) is 4.91. The fourth-order valence-electron chi connectivity index (χ4n) is 1.46. The van der Waals surface area contributed by atoms with Crippen LogP contribution in [0.5, 0.6) is 11.6 Å². The van der Waals surface area contributed by atoms with E-state index in [9.17, 15) is 4.39 Å². The van der Waals surface area contributed by atoms with Crippen LogP contribution < -0.4 is 10.1 Å². The normalized spacial score (nSPS) is 10.4. The molecule has 1 heterocycles. The van der Waals surface area contributed by atoms with Gasteiger partial charge < -0.3 is 10.1 Å². The maximum Gasteiger partial charge on any atom is 0.240 e. The Morgan fingerprint density at radius 1 is 1.15 bits per heavy atom. The number of pyridine rings is 1. The monoisotopic (exact) mass is 334 g/mol. The van der Waals surface area contributed by atoms with Crippen LogP contribution >= 0.6 is 34.8 Å². The number of rotatable bonds is 4. The number of hydrogen-bond donors (Lipinski definition) is 1. The van der Waals surface area contributed by atoms with Gasteiger partial charge in [0.15, 0.2) is 0 Å². The molecule has 0 fully saturated rings. The molecule has 2 aromatic rings. The molecule has 0 atom stereocenters. The molecular weight excluding hydrogens is 326 g/mol. The lowest BCUT2D eigenvalue weighted by Gasteiger charge is -2.11. The molecule has 1 N–H and O–H groups in total. The van der Waals surface area contributed by atoms with E-state index < -0.39 is 5.82 Å². The molecule has 0 aliphatic rings. The van der Waals surface area contributed by atoms with Crippen LogP contribution in [0.15, 0.2) is 24.3 Å². The number of anilines is 1. The highest BCUT2D eigenvalue weighted by atomic mass is 35.5. The summed E-state index contributed by atoms with van der Waals surface area (Å²) >= 11 is 17.7. The topological polar surface area (TPSA) is 34.2 Å². The minimum atomic E-state index is -0.525. The third kappa shape index (κ3) is 3.45. The van der Waals surface area contributed by atoms with E-state index in [2.05, 4.69) is 10.3 Å². The first-order chi connectivity index (χ1) is 9.51. The maximum atomic E-state index is 13.1. The molecule has 0 saturated carbocycles. The molecule has 0 unspecified atom stereocenters. The average Bonchev–Trinajstić information content (AvgIpc) is 2.39. The molecule has 7 heteroatoms. The van der Waals surface area contributed by atoms with Crippen LogP contribution in [-0.2, 0) is 0 Å². The minimum absolute atomic E-state index is 0.0421. The Morgan fingerprint density at radius 3 is 2.55 bits per heavy atom. The fraction of sp³-hybridized carbons (Fsp3) is 0.154. The van der Waals surface area contributed by atoms with Crippen molar-refractivity contribution in [2.45, 2.75) is 6.92 Å². The van der Waals surface area contributed by atoms with Gasteiger partial charge in [0.25, 0.3) is 0 Å². The van der Waals surface area contributed by atoms with Gasteiger partial charge in [0.2, 0.25) is 5.88 Å². The molecule has 1 aromatic carbocycles. The van der Waals surface area contributed by atoms with Gasteiger partial charge in [-0.3, -0.25) is 0 Å². The molecule has 0 saturated heterocycles.